The molecule has 1 aromatic rings. The Hall–Kier alpha value is -1.09. The van der Waals surface area contributed by atoms with Crippen molar-refractivity contribution in [1.29, 1.82) is 0 Å². The number of aromatic nitrogens is 1. The number of pyridine rings is 1. The summed E-state index contributed by atoms with van der Waals surface area (Å²) in [5.74, 6) is 0.990. The average Bonchev–Trinajstić information content (AvgIpc) is 2.26. The Kier molecular flexibility index (Phi) is 4.09. The fourth-order valence-corrected chi connectivity index (χ4v) is 1.56. The minimum atomic E-state index is -0.391. The van der Waals surface area contributed by atoms with Crippen LogP contribution < -0.4 is 4.90 Å². The van der Waals surface area contributed by atoms with Crippen molar-refractivity contribution in [2.45, 2.75) is 33.3 Å². The SMILES string of the molecule is CC[C@@H](O)c1cnc(N(C)CC)c(C)c1. The Labute approximate surface area is 91.8 Å². The first-order valence-electron chi connectivity index (χ1n) is 5.45. The van der Waals surface area contributed by atoms with Gasteiger partial charge in [-0.05, 0) is 37.5 Å². The fraction of sp³-hybridized carbons (Fsp3) is 0.583. The minimum Gasteiger partial charge on any atom is -0.388 e. The van der Waals surface area contributed by atoms with Crippen LogP contribution >= 0.6 is 0 Å². The molecule has 1 N–H and O–H groups in total. The van der Waals surface area contributed by atoms with E-state index < -0.39 is 6.10 Å². The number of rotatable bonds is 4. The van der Waals surface area contributed by atoms with Crippen molar-refractivity contribution in [2.24, 2.45) is 0 Å². The summed E-state index contributed by atoms with van der Waals surface area (Å²) >= 11 is 0. The van der Waals surface area contributed by atoms with Crippen LogP contribution in [0.4, 0.5) is 5.82 Å². The van der Waals surface area contributed by atoms with Gasteiger partial charge in [0.25, 0.3) is 0 Å². The van der Waals surface area contributed by atoms with E-state index in [0.717, 1.165) is 29.9 Å². The van der Waals surface area contributed by atoms with Crippen LogP contribution in [0.15, 0.2) is 12.3 Å². The summed E-state index contributed by atoms with van der Waals surface area (Å²) in [6, 6.07) is 2.02. The minimum absolute atomic E-state index is 0.391. The first kappa shape index (κ1) is 12.0. The topological polar surface area (TPSA) is 36.4 Å². The largest absolute Gasteiger partial charge is 0.388 e. The zero-order valence-electron chi connectivity index (χ0n) is 9.99. The number of aliphatic hydroxyl groups excluding tert-OH is 1. The average molecular weight is 208 g/mol. The van der Waals surface area contributed by atoms with E-state index in [1.807, 2.05) is 27.0 Å². The van der Waals surface area contributed by atoms with Crippen LogP contribution in [0.1, 0.15) is 37.5 Å². The number of nitrogens with zero attached hydrogens (tertiary/aromatic N) is 2. The van der Waals surface area contributed by atoms with E-state index in [-0.39, 0.29) is 0 Å². The molecule has 0 fully saturated rings. The number of aliphatic hydroxyl groups is 1. The highest BCUT2D eigenvalue weighted by Crippen LogP contribution is 2.21. The van der Waals surface area contributed by atoms with E-state index in [1.165, 1.54) is 0 Å². The molecule has 0 bridgehead atoms. The second-order valence-corrected chi connectivity index (χ2v) is 3.85. The molecule has 15 heavy (non-hydrogen) atoms. The van der Waals surface area contributed by atoms with Crippen LogP contribution in [-0.4, -0.2) is 23.7 Å². The van der Waals surface area contributed by atoms with Crippen molar-refractivity contribution in [3.8, 4) is 0 Å². The Bertz CT molecular complexity index is 325. The number of hydrogen-bond acceptors (Lipinski definition) is 3. The van der Waals surface area contributed by atoms with Gasteiger partial charge < -0.3 is 10.0 Å². The molecular formula is C12H20N2O. The Morgan fingerprint density at radius 3 is 2.60 bits per heavy atom. The monoisotopic (exact) mass is 208 g/mol. The molecule has 0 saturated carbocycles. The highest BCUT2D eigenvalue weighted by atomic mass is 16.3. The van der Waals surface area contributed by atoms with Gasteiger partial charge in [-0.15, -0.1) is 0 Å². The van der Waals surface area contributed by atoms with Crippen LogP contribution in [0.25, 0.3) is 0 Å². The Balaban J connectivity index is 2.97. The third-order valence-electron chi connectivity index (χ3n) is 2.68. The molecule has 0 unspecified atom stereocenters. The molecule has 84 valence electrons. The lowest BCUT2D eigenvalue weighted by atomic mass is 10.1. The lowest BCUT2D eigenvalue weighted by Crippen LogP contribution is -2.18. The second kappa shape index (κ2) is 5.12. The molecule has 1 aromatic heterocycles. The standard InChI is InChI=1S/C12H20N2O/c1-5-11(15)10-7-9(3)12(13-8-10)14(4)6-2/h7-8,11,15H,5-6H2,1-4H3/t11-/m1/s1. The van der Waals surface area contributed by atoms with E-state index in [1.54, 1.807) is 6.20 Å². The predicted octanol–water partition coefficient (Wildman–Crippen LogP) is 2.29. The van der Waals surface area contributed by atoms with Crippen molar-refractivity contribution in [2.75, 3.05) is 18.5 Å². The maximum absolute atomic E-state index is 9.69. The third-order valence-corrected chi connectivity index (χ3v) is 2.68. The van der Waals surface area contributed by atoms with E-state index in [0.29, 0.717) is 0 Å². The highest BCUT2D eigenvalue weighted by Gasteiger charge is 2.09. The quantitative estimate of drug-likeness (QED) is 0.824. The molecule has 0 saturated heterocycles. The summed E-state index contributed by atoms with van der Waals surface area (Å²) in [4.78, 5) is 6.48. The van der Waals surface area contributed by atoms with Gasteiger partial charge in [-0.1, -0.05) is 6.92 Å². The lowest BCUT2D eigenvalue weighted by Gasteiger charge is -2.19. The number of hydrogen-bond donors (Lipinski definition) is 1. The summed E-state index contributed by atoms with van der Waals surface area (Å²) in [6.45, 7) is 7.02. The maximum atomic E-state index is 9.69. The van der Waals surface area contributed by atoms with Crippen LogP contribution in [0, 0.1) is 6.92 Å². The van der Waals surface area contributed by atoms with Crippen LogP contribution in [-0.2, 0) is 0 Å². The van der Waals surface area contributed by atoms with Crippen LogP contribution in [0.2, 0.25) is 0 Å². The molecule has 0 aliphatic rings. The van der Waals surface area contributed by atoms with Gasteiger partial charge in [-0.2, -0.15) is 0 Å². The van der Waals surface area contributed by atoms with Gasteiger partial charge in [0.1, 0.15) is 5.82 Å². The van der Waals surface area contributed by atoms with Gasteiger partial charge in [0.15, 0.2) is 0 Å². The molecule has 1 rings (SSSR count). The van der Waals surface area contributed by atoms with Crippen LogP contribution in [0.3, 0.4) is 0 Å². The predicted molar refractivity (Wildman–Crippen MR) is 63.2 cm³/mol. The molecule has 3 nitrogen and oxygen atoms in total. The van der Waals surface area contributed by atoms with Crippen molar-refractivity contribution in [3.05, 3.63) is 23.4 Å². The first-order chi connectivity index (χ1) is 7.10. The van der Waals surface area contributed by atoms with Crippen molar-refractivity contribution >= 4 is 5.82 Å². The molecule has 1 heterocycles. The lowest BCUT2D eigenvalue weighted by molar-refractivity contribution is 0.173. The Morgan fingerprint density at radius 1 is 1.47 bits per heavy atom. The van der Waals surface area contributed by atoms with Crippen molar-refractivity contribution in [3.63, 3.8) is 0 Å². The smallest absolute Gasteiger partial charge is 0.131 e. The summed E-state index contributed by atoms with van der Waals surface area (Å²) in [6.07, 6.45) is 2.10. The van der Waals surface area contributed by atoms with Gasteiger partial charge in [0, 0.05) is 19.8 Å². The summed E-state index contributed by atoms with van der Waals surface area (Å²) in [7, 11) is 2.02. The molecule has 1 atom stereocenters. The van der Waals surface area contributed by atoms with E-state index in [2.05, 4.69) is 16.8 Å². The van der Waals surface area contributed by atoms with Crippen molar-refractivity contribution < 1.29 is 5.11 Å². The zero-order chi connectivity index (χ0) is 11.4. The molecule has 0 aliphatic heterocycles. The first-order valence-corrected chi connectivity index (χ1v) is 5.45. The highest BCUT2D eigenvalue weighted by molar-refractivity contribution is 5.46. The normalized spacial score (nSPS) is 12.6. The van der Waals surface area contributed by atoms with Gasteiger partial charge in [0.05, 0.1) is 6.10 Å². The maximum Gasteiger partial charge on any atom is 0.131 e. The van der Waals surface area contributed by atoms with Gasteiger partial charge >= 0.3 is 0 Å². The summed E-state index contributed by atoms with van der Waals surface area (Å²) < 4.78 is 0. The van der Waals surface area contributed by atoms with E-state index >= 15 is 0 Å². The Morgan fingerprint density at radius 2 is 2.13 bits per heavy atom. The van der Waals surface area contributed by atoms with Gasteiger partial charge in [0.2, 0.25) is 0 Å². The number of anilines is 1. The molecule has 0 amide bonds. The van der Waals surface area contributed by atoms with Crippen LogP contribution in [0.5, 0.6) is 0 Å². The van der Waals surface area contributed by atoms with E-state index in [9.17, 15) is 5.11 Å². The summed E-state index contributed by atoms with van der Waals surface area (Å²) in [5, 5.41) is 9.69. The number of aryl methyl sites for hydroxylation is 1. The molecule has 0 aromatic carbocycles. The zero-order valence-corrected chi connectivity index (χ0v) is 9.99. The second-order valence-electron chi connectivity index (χ2n) is 3.85. The third kappa shape index (κ3) is 2.69. The van der Waals surface area contributed by atoms with E-state index in [4.69, 9.17) is 0 Å². The molecule has 0 spiro atoms. The fourth-order valence-electron chi connectivity index (χ4n) is 1.56. The molecular weight excluding hydrogens is 188 g/mol. The molecule has 3 heteroatoms. The summed E-state index contributed by atoms with van der Waals surface area (Å²) in [5.41, 5.74) is 2.02. The van der Waals surface area contributed by atoms with Crippen molar-refractivity contribution in [1.82, 2.24) is 4.98 Å². The van der Waals surface area contributed by atoms with Gasteiger partial charge in [-0.25, -0.2) is 4.98 Å². The molecule has 0 radical (unpaired) electrons. The van der Waals surface area contributed by atoms with Gasteiger partial charge in [-0.3, -0.25) is 0 Å². The molecule has 0 aliphatic carbocycles.